The van der Waals surface area contributed by atoms with Crippen LogP contribution in [-0.4, -0.2) is 78.4 Å². The van der Waals surface area contributed by atoms with E-state index in [0.29, 0.717) is 19.4 Å². The SMILES string of the molecule is NCCCCC(NC(=O)C(CCCN=C(N)N)NC(=O)C(CCC(N)=O)NC(=O)CN)C(=O)O. The molecule has 14 N–H and O–H groups in total. The smallest absolute Gasteiger partial charge is 0.326 e. The first-order chi connectivity index (χ1) is 16.0. The summed E-state index contributed by atoms with van der Waals surface area (Å²) in [6, 6.07) is -3.53. The summed E-state index contributed by atoms with van der Waals surface area (Å²) < 4.78 is 0. The quantitative estimate of drug-likeness (QED) is 0.0511. The number of carboxylic acids is 1. The van der Waals surface area contributed by atoms with Crippen LogP contribution in [0, 0.1) is 0 Å². The molecule has 4 amide bonds. The first kappa shape index (κ1) is 30.5. The number of carboxylic acid groups (broad SMARTS) is 1. The van der Waals surface area contributed by atoms with Gasteiger partial charge in [0.15, 0.2) is 5.96 Å². The Balaban J connectivity index is 5.47. The van der Waals surface area contributed by atoms with E-state index in [-0.39, 0.29) is 44.6 Å². The van der Waals surface area contributed by atoms with Gasteiger partial charge in [0.25, 0.3) is 0 Å². The highest BCUT2D eigenvalue weighted by Gasteiger charge is 2.29. The van der Waals surface area contributed by atoms with Crippen LogP contribution in [-0.2, 0) is 24.0 Å². The van der Waals surface area contributed by atoms with Crippen LogP contribution in [0.15, 0.2) is 4.99 Å². The molecule has 0 rings (SSSR count). The second-order valence-electron chi connectivity index (χ2n) is 7.52. The molecular weight excluding hydrogens is 450 g/mol. The summed E-state index contributed by atoms with van der Waals surface area (Å²) in [5.74, 6) is -4.22. The highest BCUT2D eigenvalue weighted by Crippen LogP contribution is 2.06. The van der Waals surface area contributed by atoms with Crippen LogP contribution in [0.1, 0.15) is 44.9 Å². The third kappa shape index (κ3) is 13.8. The number of nitrogens with zero attached hydrogens (tertiary/aromatic N) is 1. The number of carbonyl (C=O) groups excluding carboxylic acids is 4. The molecule has 34 heavy (non-hydrogen) atoms. The number of primary amides is 1. The van der Waals surface area contributed by atoms with Crippen molar-refractivity contribution >= 4 is 35.6 Å². The van der Waals surface area contributed by atoms with Gasteiger partial charge in [0.2, 0.25) is 23.6 Å². The summed E-state index contributed by atoms with van der Waals surface area (Å²) in [7, 11) is 0. The van der Waals surface area contributed by atoms with Gasteiger partial charge in [-0.25, -0.2) is 4.79 Å². The maximum atomic E-state index is 12.8. The lowest BCUT2D eigenvalue weighted by Gasteiger charge is -2.24. The van der Waals surface area contributed by atoms with Gasteiger partial charge in [-0.05, 0) is 45.1 Å². The number of nitrogens with two attached hydrogens (primary N) is 5. The summed E-state index contributed by atoms with van der Waals surface area (Å²) >= 11 is 0. The Morgan fingerprint density at radius 1 is 0.765 bits per heavy atom. The summed E-state index contributed by atoms with van der Waals surface area (Å²) in [5, 5.41) is 16.7. The number of carbonyl (C=O) groups is 5. The molecule has 0 aliphatic rings. The lowest BCUT2D eigenvalue weighted by molar-refractivity contribution is -0.142. The van der Waals surface area contributed by atoms with Crippen LogP contribution in [0.3, 0.4) is 0 Å². The molecule has 0 aliphatic carbocycles. The average molecular weight is 488 g/mol. The minimum absolute atomic E-state index is 0.0663. The van der Waals surface area contributed by atoms with Gasteiger partial charge in [0.1, 0.15) is 18.1 Å². The molecule has 15 heteroatoms. The van der Waals surface area contributed by atoms with Gasteiger partial charge in [-0.15, -0.1) is 0 Å². The number of aliphatic carboxylic acids is 1. The zero-order chi connectivity index (χ0) is 26.1. The molecule has 15 nitrogen and oxygen atoms in total. The Kier molecular flexibility index (Phi) is 15.3. The van der Waals surface area contributed by atoms with Gasteiger partial charge in [-0.1, -0.05) is 0 Å². The second kappa shape index (κ2) is 17.1. The van der Waals surface area contributed by atoms with Gasteiger partial charge >= 0.3 is 5.97 Å². The van der Waals surface area contributed by atoms with Crippen LogP contribution in [0.25, 0.3) is 0 Å². The normalized spacial score (nSPS) is 13.1. The first-order valence-corrected chi connectivity index (χ1v) is 10.9. The van der Waals surface area contributed by atoms with Crippen molar-refractivity contribution in [3.63, 3.8) is 0 Å². The summed E-state index contributed by atoms with van der Waals surface area (Å²) in [4.78, 5) is 63.8. The van der Waals surface area contributed by atoms with Crippen molar-refractivity contribution in [2.45, 2.75) is 63.1 Å². The predicted molar refractivity (Wildman–Crippen MR) is 124 cm³/mol. The van der Waals surface area contributed by atoms with Crippen molar-refractivity contribution in [2.75, 3.05) is 19.6 Å². The van der Waals surface area contributed by atoms with E-state index in [1.54, 1.807) is 0 Å². The molecule has 3 atom stereocenters. The van der Waals surface area contributed by atoms with Crippen LogP contribution < -0.4 is 44.6 Å². The zero-order valence-electron chi connectivity index (χ0n) is 19.1. The number of aliphatic imine (C=N–C) groups is 1. The van der Waals surface area contributed by atoms with Gasteiger partial charge in [0, 0.05) is 13.0 Å². The van der Waals surface area contributed by atoms with Crippen molar-refractivity contribution in [3.8, 4) is 0 Å². The molecule has 0 heterocycles. The lowest BCUT2D eigenvalue weighted by atomic mass is 10.1. The van der Waals surface area contributed by atoms with Crippen molar-refractivity contribution in [1.82, 2.24) is 16.0 Å². The molecular formula is C19H37N9O6. The van der Waals surface area contributed by atoms with Crippen molar-refractivity contribution in [3.05, 3.63) is 0 Å². The van der Waals surface area contributed by atoms with Gasteiger partial charge in [-0.3, -0.25) is 24.2 Å². The second-order valence-corrected chi connectivity index (χ2v) is 7.52. The zero-order valence-corrected chi connectivity index (χ0v) is 19.1. The summed E-state index contributed by atoms with van der Waals surface area (Å²) in [6.07, 6.45) is 1.24. The van der Waals surface area contributed by atoms with Crippen molar-refractivity contribution in [1.29, 1.82) is 0 Å². The molecule has 0 aromatic heterocycles. The van der Waals surface area contributed by atoms with Gasteiger partial charge in [-0.2, -0.15) is 0 Å². The molecule has 0 spiro atoms. The summed E-state index contributed by atoms with van der Waals surface area (Å²) in [6.45, 7) is 0.146. The van der Waals surface area contributed by atoms with Gasteiger partial charge < -0.3 is 49.7 Å². The van der Waals surface area contributed by atoms with E-state index in [1.807, 2.05) is 0 Å². The van der Waals surface area contributed by atoms with E-state index in [9.17, 15) is 29.1 Å². The highest BCUT2D eigenvalue weighted by atomic mass is 16.4. The van der Waals surface area contributed by atoms with Crippen LogP contribution in [0.4, 0.5) is 0 Å². The Labute approximate surface area is 197 Å². The number of amides is 4. The monoisotopic (exact) mass is 487 g/mol. The van der Waals surface area contributed by atoms with E-state index in [2.05, 4.69) is 20.9 Å². The van der Waals surface area contributed by atoms with Crippen LogP contribution >= 0.6 is 0 Å². The molecule has 0 saturated carbocycles. The standard InChI is InChI=1S/C19H37N9O6/c20-8-2-1-4-13(18(33)34)28-16(31)11(5-3-9-25-19(23)24)27-17(32)12(6-7-14(22)29)26-15(30)10-21/h11-13H,1-10,20-21H2,(H2,22,29)(H,26,30)(H,27,32)(H,28,31)(H,33,34)(H4,23,24,25). The number of guanidine groups is 1. The molecule has 0 radical (unpaired) electrons. The molecule has 0 aromatic carbocycles. The maximum Gasteiger partial charge on any atom is 0.326 e. The van der Waals surface area contributed by atoms with Crippen molar-refractivity contribution < 1.29 is 29.1 Å². The third-order valence-electron chi connectivity index (χ3n) is 4.66. The fourth-order valence-corrected chi connectivity index (χ4v) is 2.88. The predicted octanol–water partition coefficient (Wildman–Crippen LogP) is -4.07. The topological polar surface area (TPSA) is 284 Å². The van der Waals surface area contributed by atoms with Crippen molar-refractivity contribution in [2.24, 2.45) is 33.7 Å². The number of nitrogens with one attached hydrogen (secondary N) is 3. The van der Waals surface area contributed by atoms with Crippen LogP contribution in [0.2, 0.25) is 0 Å². The molecule has 0 aromatic rings. The number of unbranched alkanes of at least 4 members (excludes halogenated alkanes) is 1. The van der Waals surface area contributed by atoms with Crippen LogP contribution in [0.5, 0.6) is 0 Å². The number of hydrogen-bond acceptors (Lipinski definition) is 8. The highest BCUT2D eigenvalue weighted by molar-refractivity contribution is 5.93. The third-order valence-corrected chi connectivity index (χ3v) is 4.66. The maximum absolute atomic E-state index is 12.8. The largest absolute Gasteiger partial charge is 0.480 e. The van der Waals surface area contributed by atoms with E-state index in [1.165, 1.54) is 0 Å². The number of hydrogen-bond donors (Lipinski definition) is 9. The van der Waals surface area contributed by atoms with Gasteiger partial charge in [0.05, 0.1) is 6.54 Å². The lowest BCUT2D eigenvalue weighted by Crippen LogP contribution is -2.56. The molecule has 0 fully saturated rings. The Hall–Kier alpha value is -3.46. The summed E-state index contributed by atoms with van der Waals surface area (Å²) in [5.41, 5.74) is 26.4. The molecule has 0 saturated heterocycles. The Morgan fingerprint density at radius 2 is 1.32 bits per heavy atom. The molecule has 3 unspecified atom stereocenters. The Bertz CT molecular complexity index is 727. The molecule has 0 aliphatic heterocycles. The molecule has 0 bridgehead atoms. The molecule has 194 valence electrons. The van der Waals surface area contributed by atoms with E-state index in [0.717, 1.165) is 0 Å². The fourth-order valence-electron chi connectivity index (χ4n) is 2.88. The fraction of sp³-hybridized carbons (Fsp3) is 0.684. The average Bonchev–Trinajstić information content (AvgIpc) is 2.76. The number of rotatable bonds is 18. The van der Waals surface area contributed by atoms with E-state index in [4.69, 9.17) is 28.7 Å². The Morgan fingerprint density at radius 3 is 1.82 bits per heavy atom. The van der Waals surface area contributed by atoms with E-state index >= 15 is 0 Å². The first-order valence-electron chi connectivity index (χ1n) is 10.9. The van der Waals surface area contributed by atoms with E-state index < -0.39 is 54.3 Å². The minimum Gasteiger partial charge on any atom is -0.480 e. The minimum atomic E-state index is -1.23.